The summed E-state index contributed by atoms with van der Waals surface area (Å²) in [6.45, 7) is 0. The fraction of sp³-hybridized carbons (Fsp3) is 0.118. The summed E-state index contributed by atoms with van der Waals surface area (Å²) in [5.41, 5.74) is 7.01. The number of phenolic OH excluding ortho intramolecular Hbond substituents is 1. The number of nitrogens with two attached hydrogens (primary N) is 1. The molecule has 2 aromatic carbocycles. The number of nitrogens with one attached hydrogen (secondary N) is 1. The molecule has 6 nitrogen and oxygen atoms in total. The van der Waals surface area contributed by atoms with E-state index in [0.29, 0.717) is 11.1 Å². The molecule has 0 aliphatic rings. The van der Waals surface area contributed by atoms with Gasteiger partial charge in [-0.2, -0.15) is 0 Å². The third-order valence-electron chi connectivity index (χ3n) is 3.29. The van der Waals surface area contributed by atoms with Crippen molar-refractivity contribution in [3.05, 3.63) is 65.2 Å². The molecule has 1 atom stereocenters. The molecule has 23 heavy (non-hydrogen) atoms. The minimum Gasteiger partial charge on any atom is -0.507 e. The van der Waals surface area contributed by atoms with E-state index in [9.17, 15) is 15.0 Å². The van der Waals surface area contributed by atoms with E-state index in [1.807, 2.05) is 30.3 Å². The molecule has 0 unspecified atom stereocenters. The van der Waals surface area contributed by atoms with Crippen LogP contribution < -0.4 is 5.73 Å². The summed E-state index contributed by atoms with van der Waals surface area (Å²) in [6, 6.07) is 12.6. The molecule has 0 aliphatic carbocycles. The van der Waals surface area contributed by atoms with Crippen molar-refractivity contribution in [1.82, 2.24) is 0 Å². The van der Waals surface area contributed by atoms with Crippen LogP contribution in [0.25, 0.3) is 0 Å². The Labute approximate surface area is 133 Å². The predicted molar refractivity (Wildman–Crippen MR) is 88.3 cm³/mol. The smallest absolute Gasteiger partial charge is 0.328 e. The second-order valence-corrected chi connectivity index (χ2v) is 5.01. The predicted octanol–water partition coefficient (Wildman–Crippen LogP) is 1.79. The molecule has 0 aromatic heterocycles. The number of nitrogen functional groups attached to an aromatic ring is 1. The van der Waals surface area contributed by atoms with Crippen molar-refractivity contribution < 1.29 is 15.0 Å². The normalized spacial score (nSPS) is 12.2. The van der Waals surface area contributed by atoms with Gasteiger partial charge in [-0.25, -0.2) is 4.79 Å². The van der Waals surface area contributed by atoms with E-state index >= 15 is 0 Å². The molecule has 0 radical (unpaired) electrons. The third-order valence-corrected chi connectivity index (χ3v) is 3.29. The van der Waals surface area contributed by atoms with E-state index in [4.69, 9.17) is 11.1 Å². The monoisotopic (exact) mass is 311 g/mol. The summed E-state index contributed by atoms with van der Waals surface area (Å²) < 4.78 is 0. The van der Waals surface area contributed by atoms with Crippen molar-refractivity contribution in [2.45, 2.75) is 12.5 Å². The largest absolute Gasteiger partial charge is 0.507 e. The number of nitrogens with zero attached hydrogens (tertiary/aromatic N) is 1. The lowest BCUT2D eigenvalue weighted by Crippen LogP contribution is -2.21. The summed E-state index contributed by atoms with van der Waals surface area (Å²) in [6.07, 6.45) is 1.54. The van der Waals surface area contributed by atoms with Gasteiger partial charge in [0.25, 0.3) is 0 Å². The first-order valence-electron chi connectivity index (χ1n) is 6.94. The molecule has 0 saturated carbocycles. The van der Waals surface area contributed by atoms with Gasteiger partial charge in [0.05, 0.1) is 0 Å². The fourth-order valence-electron chi connectivity index (χ4n) is 2.04. The first-order valence-corrected chi connectivity index (χ1v) is 6.94. The lowest BCUT2D eigenvalue weighted by Gasteiger charge is -2.08. The van der Waals surface area contributed by atoms with Crippen molar-refractivity contribution in [2.75, 3.05) is 0 Å². The molecule has 0 fully saturated rings. The Kier molecular flexibility index (Phi) is 5.09. The van der Waals surface area contributed by atoms with Crippen LogP contribution in [-0.2, 0) is 11.2 Å². The maximum absolute atomic E-state index is 11.4. The Morgan fingerprint density at radius 2 is 1.96 bits per heavy atom. The number of aromatic hydroxyl groups is 1. The van der Waals surface area contributed by atoms with Gasteiger partial charge in [-0.15, -0.1) is 0 Å². The number of hydrogen-bond donors (Lipinski definition) is 4. The first-order chi connectivity index (χ1) is 11.0. The quantitative estimate of drug-likeness (QED) is 0.480. The Hall–Kier alpha value is -3.15. The topological polar surface area (TPSA) is 120 Å². The summed E-state index contributed by atoms with van der Waals surface area (Å²) in [4.78, 5) is 15.4. The highest BCUT2D eigenvalue weighted by atomic mass is 16.4. The average molecular weight is 311 g/mol. The Morgan fingerprint density at radius 1 is 1.26 bits per heavy atom. The summed E-state index contributed by atoms with van der Waals surface area (Å²) in [5, 5.41) is 26.5. The Balaban J connectivity index is 2.23. The molecule has 6 heteroatoms. The number of rotatable bonds is 6. The second kappa shape index (κ2) is 7.22. The van der Waals surface area contributed by atoms with Crippen molar-refractivity contribution >= 4 is 18.0 Å². The third kappa shape index (κ3) is 4.41. The zero-order valence-electron chi connectivity index (χ0n) is 12.3. The molecule has 0 heterocycles. The van der Waals surface area contributed by atoms with Gasteiger partial charge < -0.3 is 15.9 Å². The number of aliphatic carboxylic acids is 1. The van der Waals surface area contributed by atoms with Crippen LogP contribution >= 0.6 is 0 Å². The molecule has 0 bridgehead atoms. The van der Waals surface area contributed by atoms with E-state index in [0.717, 1.165) is 5.56 Å². The van der Waals surface area contributed by atoms with Crippen molar-refractivity contribution in [2.24, 2.45) is 10.7 Å². The van der Waals surface area contributed by atoms with Gasteiger partial charge in [0, 0.05) is 23.8 Å². The summed E-state index contributed by atoms with van der Waals surface area (Å²) >= 11 is 0. The van der Waals surface area contributed by atoms with Gasteiger partial charge in [-0.3, -0.25) is 10.4 Å². The fourth-order valence-corrected chi connectivity index (χ4v) is 2.04. The Bertz CT molecular complexity index is 742. The molecule has 0 amide bonds. The summed E-state index contributed by atoms with van der Waals surface area (Å²) in [5.74, 6) is -1.24. The number of carboxylic acid groups (broad SMARTS) is 1. The number of carboxylic acids is 1. The van der Waals surface area contributed by atoms with Crippen LogP contribution in [0.2, 0.25) is 0 Å². The van der Waals surface area contributed by atoms with Crippen molar-refractivity contribution in [1.29, 1.82) is 5.41 Å². The van der Waals surface area contributed by atoms with Gasteiger partial charge in [0.15, 0.2) is 6.04 Å². The first kappa shape index (κ1) is 16.2. The number of carbonyl (C=O) groups is 1. The van der Waals surface area contributed by atoms with Gasteiger partial charge in [0.2, 0.25) is 0 Å². The van der Waals surface area contributed by atoms with Crippen LogP contribution in [-0.4, -0.2) is 34.3 Å². The number of amidine groups is 1. The van der Waals surface area contributed by atoms with Crippen LogP contribution in [0.1, 0.15) is 16.7 Å². The molecule has 5 N–H and O–H groups in total. The van der Waals surface area contributed by atoms with Crippen LogP contribution in [0.3, 0.4) is 0 Å². The van der Waals surface area contributed by atoms with Gasteiger partial charge in [-0.1, -0.05) is 30.3 Å². The van der Waals surface area contributed by atoms with Gasteiger partial charge >= 0.3 is 5.97 Å². The maximum atomic E-state index is 11.4. The SMILES string of the molecule is N=C(N)c1ccc(O)c(C=N[C@@H](Cc2ccccc2)C(=O)O)c1. The standard InChI is InChI=1S/C17H17N3O3/c18-16(19)12-6-7-15(21)13(9-12)10-20-14(17(22)23)8-11-4-2-1-3-5-11/h1-7,9-10,14,21H,8H2,(H3,18,19)(H,22,23)/t14-/m0/s1. The van der Waals surface area contributed by atoms with E-state index in [1.54, 1.807) is 0 Å². The highest BCUT2D eigenvalue weighted by Crippen LogP contribution is 2.17. The molecule has 118 valence electrons. The van der Waals surface area contributed by atoms with Crippen LogP contribution in [0.4, 0.5) is 0 Å². The van der Waals surface area contributed by atoms with Gasteiger partial charge in [-0.05, 0) is 23.8 Å². The molecular weight excluding hydrogens is 294 g/mol. The van der Waals surface area contributed by atoms with Crippen LogP contribution in [0.15, 0.2) is 53.5 Å². The molecule has 0 spiro atoms. The van der Waals surface area contributed by atoms with E-state index in [2.05, 4.69) is 4.99 Å². The minimum absolute atomic E-state index is 0.0531. The summed E-state index contributed by atoms with van der Waals surface area (Å²) in [7, 11) is 0. The lowest BCUT2D eigenvalue weighted by atomic mass is 10.1. The minimum atomic E-state index is -1.05. The molecule has 2 rings (SSSR count). The second-order valence-electron chi connectivity index (χ2n) is 5.01. The van der Waals surface area contributed by atoms with Crippen molar-refractivity contribution in [3.63, 3.8) is 0 Å². The highest BCUT2D eigenvalue weighted by Gasteiger charge is 2.16. The lowest BCUT2D eigenvalue weighted by molar-refractivity contribution is -0.138. The van der Waals surface area contributed by atoms with Gasteiger partial charge in [0.1, 0.15) is 11.6 Å². The van der Waals surface area contributed by atoms with Crippen LogP contribution in [0.5, 0.6) is 5.75 Å². The molecule has 0 aliphatic heterocycles. The van der Waals surface area contributed by atoms with E-state index in [1.165, 1.54) is 24.4 Å². The zero-order valence-corrected chi connectivity index (χ0v) is 12.3. The number of aliphatic imine (C=N–C) groups is 1. The molecule has 2 aromatic rings. The van der Waals surface area contributed by atoms with Crippen molar-refractivity contribution in [3.8, 4) is 5.75 Å². The zero-order chi connectivity index (χ0) is 16.8. The molecule has 0 saturated heterocycles. The van der Waals surface area contributed by atoms with E-state index < -0.39 is 12.0 Å². The highest BCUT2D eigenvalue weighted by molar-refractivity contribution is 5.97. The number of benzene rings is 2. The Morgan fingerprint density at radius 3 is 2.57 bits per heavy atom. The van der Waals surface area contributed by atoms with E-state index in [-0.39, 0.29) is 18.0 Å². The number of phenols is 1. The maximum Gasteiger partial charge on any atom is 0.328 e. The van der Waals surface area contributed by atoms with Crippen LogP contribution in [0, 0.1) is 5.41 Å². The molecular formula is C17H17N3O3. The average Bonchev–Trinajstić information content (AvgIpc) is 2.53. The number of hydrogen-bond acceptors (Lipinski definition) is 4.